The van der Waals surface area contributed by atoms with Gasteiger partial charge in [0.05, 0.1) is 0 Å². The summed E-state index contributed by atoms with van der Waals surface area (Å²) in [4.78, 5) is 0. The number of furan rings is 1. The first-order chi connectivity index (χ1) is 13.1. The van der Waals surface area contributed by atoms with Gasteiger partial charge >= 0.3 is 0 Å². The van der Waals surface area contributed by atoms with E-state index in [9.17, 15) is 0 Å². The Kier molecular flexibility index (Phi) is 5.02. The summed E-state index contributed by atoms with van der Waals surface area (Å²) >= 11 is 0. The summed E-state index contributed by atoms with van der Waals surface area (Å²) in [6.45, 7) is 6.46. The molecular weight excluding hydrogens is 420 g/mol. The van der Waals surface area contributed by atoms with Crippen LogP contribution < -0.4 is 0 Å². The van der Waals surface area contributed by atoms with Crippen molar-refractivity contribution >= 4 is 22.4 Å². The third-order valence-corrected chi connectivity index (χ3v) is 5.77. The third kappa shape index (κ3) is 3.14. The van der Waals surface area contributed by atoms with Crippen molar-refractivity contribution in [1.29, 1.82) is 0 Å². The fraction of sp³-hybridized carbons (Fsp3) is 0.154. The van der Waals surface area contributed by atoms with E-state index < -0.39 is 0 Å². The molecule has 0 bridgehead atoms. The molecule has 3 aromatic carbocycles. The van der Waals surface area contributed by atoms with Gasteiger partial charge in [0.1, 0.15) is 11.5 Å². The van der Waals surface area contributed by atoms with Crippen molar-refractivity contribution < 1.29 is 30.6 Å². The third-order valence-electron chi connectivity index (χ3n) is 5.77. The molecule has 0 amide bonds. The fourth-order valence-corrected chi connectivity index (χ4v) is 4.23. The second kappa shape index (κ2) is 7.34. The van der Waals surface area contributed by atoms with Crippen LogP contribution in [0, 0.1) is 20.8 Å². The van der Waals surface area contributed by atoms with Crippen LogP contribution in [0.1, 0.15) is 33.8 Å². The molecule has 1 heterocycles. The summed E-state index contributed by atoms with van der Waals surface area (Å²) in [7, 11) is 0. The number of hydrogen-bond donors (Lipinski definition) is 0. The molecule has 28 heavy (non-hydrogen) atoms. The van der Waals surface area contributed by atoms with Crippen molar-refractivity contribution in [2.45, 2.75) is 27.2 Å². The largest absolute Gasteiger partial charge is 0.462 e. The summed E-state index contributed by atoms with van der Waals surface area (Å²) < 4.78 is 5.89. The molecule has 0 radical (unpaired) electrons. The zero-order valence-electron chi connectivity index (χ0n) is 16.5. The number of hydrogen-bond acceptors (Lipinski definition) is 1. The van der Waals surface area contributed by atoms with Crippen LogP contribution in [-0.4, -0.2) is 0 Å². The number of benzene rings is 3. The van der Waals surface area contributed by atoms with Crippen LogP contribution in [0.4, 0.5) is 0 Å². The van der Waals surface area contributed by atoms with E-state index in [1.54, 1.807) is 0 Å². The van der Waals surface area contributed by atoms with Crippen molar-refractivity contribution in [3.05, 3.63) is 94.4 Å². The van der Waals surface area contributed by atoms with E-state index in [4.69, 9.17) is 4.42 Å². The Morgan fingerprint density at radius 2 is 1.61 bits per heavy atom. The van der Waals surface area contributed by atoms with Gasteiger partial charge in [0.25, 0.3) is 0 Å². The average molecular weight is 442 g/mol. The van der Waals surface area contributed by atoms with Crippen LogP contribution in [0.5, 0.6) is 0 Å². The van der Waals surface area contributed by atoms with Gasteiger partial charge in [-0.1, -0.05) is 42.5 Å². The maximum absolute atomic E-state index is 5.89. The van der Waals surface area contributed by atoms with E-state index in [1.165, 1.54) is 49.7 Å². The molecule has 0 unspecified atom stereocenters. The Bertz CT molecular complexity index is 1230. The Morgan fingerprint density at radius 1 is 0.821 bits per heavy atom. The van der Waals surface area contributed by atoms with Crippen LogP contribution in [-0.2, 0) is 32.6 Å². The molecule has 5 rings (SSSR count). The molecule has 0 spiro atoms. The molecule has 0 atom stereocenters. The zero-order chi connectivity index (χ0) is 18.5. The Morgan fingerprint density at radius 3 is 2.36 bits per heavy atom. The maximum atomic E-state index is 5.89. The van der Waals surface area contributed by atoms with E-state index in [0.717, 1.165) is 17.9 Å². The summed E-state index contributed by atoms with van der Waals surface area (Å²) in [6.07, 6.45) is 3.26. The first kappa shape index (κ1) is 19.2. The molecule has 1 aromatic heterocycles. The average Bonchev–Trinajstić information content (AvgIpc) is 3.28. The molecule has 4 aromatic rings. The van der Waals surface area contributed by atoms with E-state index in [-0.39, 0.29) is 26.2 Å². The second-order valence-corrected chi connectivity index (χ2v) is 7.58. The predicted molar refractivity (Wildman–Crippen MR) is 114 cm³/mol. The molecule has 0 N–H and O–H groups in total. The summed E-state index contributed by atoms with van der Waals surface area (Å²) in [6, 6.07) is 21.8. The van der Waals surface area contributed by atoms with Crippen LogP contribution in [0.15, 0.2) is 65.1 Å². The van der Waals surface area contributed by atoms with Gasteiger partial charge in [-0.05, 0) is 94.8 Å². The minimum atomic E-state index is 0. The normalized spacial score (nSPS) is 12.6. The molecule has 136 valence electrons. The van der Waals surface area contributed by atoms with E-state index in [2.05, 4.69) is 74.5 Å². The van der Waals surface area contributed by atoms with Crippen LogP contribution >= 0.6 is 0 Å². The molecule has 1 aliphatic carbocycles. The fourth-order valence-electron chi connectivity index (χ4n) is 4.23. The van der Waals surface area contributed by atoms with Gasteiger partial charge in [0.15, 0.2) is 0 Å². The van der Waals surface area contributed by atoms with Crippen LogP contribution in [0.2, 0.25) is 0 Å². The van der Waals surface area contributed by atoms with E-state index >= 15 is 0 Å². The van der Waals surface area contributed by atoms with Gasteiger partial charge in [-0.25, -0.2) is 0 Å². The molecule has 0 fully saturated rings. The van der Waals surface area contributed by atoms with Gasteiger partial charge in [-0.15, -0.1) is 0 Å². The standard InChI is InChI=1S/C26H22O.Zr/c1-16-12-22-14-23(25-11-8-17(2)27-25)15-24(22)26(18(16)3)21-10-9-19-6-4-5-7-20(19)13-21;/h4-13,15H,14H2,1-3H3;. The van der Waals surface area contributed by atoms with Crippen LogP contribution in [0.3, 0.4) is 0 Å². The first-order valence-corrected chi connectivity index (χ1v) is 9.50. The zero-order valence-corrected chi connectivity index (χ0v) is 18.9. The molecule has 1 aliphatic rings. The number of fused-ring (bicyclic) bond motifs is 2. The maximum Gasteiger partial charge on any atom is 0.130 e. The minimum Gasteiger partial charge on any atom is -0.462 e. The van der Waals surface area contributed by atoms with Crippen molar-refractivity contribution in [3.63, 3.8) is 0 Å². The quantitative estimate of drug-likeness (QED) is 0.323. The minimum absolute atomic E-state index is 0. The molecular formula is C26H22OZr. The van der Waals surface area contributed by atoms with Crippen molar-refractivity contribution in [2.24, 2.45) is 0 Å². The summed E-state index contributed by atoms with van der Waals surface area (Å²) in [5.41, 5.74) is 9.36. The van der Waals surface area contributed by atoms with Gasteiger partial charge in [0.2, 0.25) is 0 Å². The Balaban J connectivity index is 0.00000192. The van der Waals surface area contributed by atoms with E-state index in [1.807, 2.05) is 13.0 Å². The topological polar surface area (TPSA) is 13.1 Å². The molecule has 1 nitrogen and oxygen atoms in total. The number of rotatable bonds is 2. The number of aryl methyl sites for hydroxylation is 2. The first-order valence-electron chi connectivity index (χ1n) is 9.50. The van der Waals surface area contributed by atoms with Crippen molar-refractivity contribution in [2.75, 3.05) is 0 Å². The van der Waals surface area contributed by atoms with E-state index in [0.29, 0.717) is 0 Å². The van der Waals surface area contributed by atoms with Crippen LogP contribution in [0.25, 0.3) is 33.5 Å². The van der Waals surface area contributed by atoms with Gasteiger partial charge in [-0.3, -0.25) is 0 Å². The molecule has 2 heteroatoms. The molecule has 0 saturated heterocycles. The van der Waals surface area contributed by atoms with Gasteiger partial charge in [-0.2, -0.15) is 0 Å². The smallest absolute Gasteiger partial charge is 0.130 e. The van der Waals surface area contributed by atoms with Crippen molar-refractivity contribution in [3.8, 4) is 11.1 Å². The second-order valence-electron chi connectivity index (χ2n) is 7.58. The van der Waals surface area contributed by atoms with Crippen molar-refractivity contribution in [1.82, 2.24) is 0 Å². The summed E-state index contributed by atoms with van der Waals surface area (Å²) in [5, 5.41) is 2.57. The number of allylic oxidation sites excluding steroid dienone is 1. The van der Waals surface area contributed by atoms with Gasteiger partial charge < -0.3 is 4.42 Å². The molecule has 0 aliphatic heterocycles. The van der Waals surface area contributed by atoms with Gasteiger partial charge in [0, 0.05) is 32.6 Å². The monoisotopic (exact) mass is 440 g/mol. The Labute approximate surface area is 185 Å². The SMILES string of the molecule is Cc1ccc(C2=Cc3c(cc(C)c(C)c3-c3ccc4ccccc4c3)C2)o1.[Zr]. The predicted octanol–water partition coefficient (Wildman–Crippen LogP) is 7.12. The molecule has 0 saturated carbocycles. The summed E-state index contributed by atoms with van der Waals surface area (Å²) in [5.74, 6) is 1.95. The Hall–Kier alpha value is -2.18.